The Morgan fingerprint density at radius 3 is 2.05 bits per heavy atom. The monoisotopic (exact) mass is 551 g/mol. The van der Waals surface area contributed by atoms with Crippen molar-refractivity contribution in [2.24, 2.45) is 0 Å². The maximum Gasteiger partial charge on any atom is 0.248 e. The van der Waals surface area contributed by atoms with Gasteiger partial charge in [0.05, 0.1) is 11.6 Å². The Bertz CT molecular complexity index is 1650. The number of para-hydroxylation sites is 1. The number of fused-ring (bicyclic) bond motifs is 1. The molecule has 1 unspecified atom stereocenters. The van der Waals surface area contributed by atoms with Gasteiger partial charge in [-0.1, -0.05) is 84.9 Å². The summed E-state index contributed by atoms with van der Waals surface area (Å²) in [6.45, 7) is 5.08. The molecule has 7 heteroatoms. The lowest BCUT2D eigenvalue weighted by Crippen LogP contribution is -2.48. The van der Waals surface area contributed by atoms with Gasteiger partial charge in [-0.25, -0.2) is 12.4 Å². The molecule has 6 rings (SSSR count). The van der Waals surface area contributed by atoms with Gasteiger partial charge >= 0.3 is 0 Å². The van der Waals surface area contributed by atoms with Gasteiger partial charge in [0.15, 0.2) is 6.29 Å². The van der Waals surface area contributed by atoms with Crippen LogP contribution in [-0.2, 0) is 10.0 Å². The Balaban J connectivity index is 1.26. The summed E-state index contributed by atoms with van der Waals surface area (Å²) < 4.78 is 28.3. The fourth-order valence-corrected chi connectivity index (χ4v) is 7.72. The average Bonchev–Trinajstić information content (AvgIpc) is 3.38. The first-order chi connectivity index (χ1) is 19.4. The highest BCUT2D eigenvalue weighted by Gasteiger charge is 2.41. The molecule has 3 aromatic carbocycles. The zero-order valence-corrected chi connectivity index (χ0v) is 23.4. The number of benzene rings is 3. The van der Waals surface area contributed by atoms with Gasteiger partial charge in [-0.15, -0.1) is 0 Å². The first-order valence-electron chi connectivity index (χ1n) is 13.7. The summed E-state index contributed by atoms with van der Waals surface area (Å²) in [6, 6.07) is 28.5. The Kier molecular flexibility index (Phi) is 6.94. The van der Waals surface area contributed by atoms with E-state index in [1.165, 1.54) is 21.3 Å². The normalized spacial score (nSPS) is 20.1. The fraction of sp³-hybridized carbons (Fsp3) is 0.242. The number of allylic oxidation sites excluding steroid dienone is 2. The van der Waals surface area contributed by atoms with Crippen molar-refractivity contribution in [1.82, 2.24) is 13.8 Å². The number of nitrogens with zero attached hydrogens (tertiary/aromatic N) is 3. The first kappa shape index (κ1) is 26.3. The van der Waals surface area contributed by atoms with Crippen molar-refractivity contribution in [3.8, 4) is 0 Å². The van der Waals surface area contributed by atoms with Gasteiger partial charge < -0.3 is 4.90 Å². The van der Waals surface area contributed by atoms with Crippen LogP contribution in [0.4, 0.5) is 0 Å². The number of aromatic nitrogens is 1. The smallest absolute Gasteiger partial charge is 0.248 e. The molecule has 1 aliphatic heterocycles. The zero-order chi connectivity index (χ0) is 27.7. The standard InChI is InChI=1S/C33H33N3O3S/c1-33(40(38,39)36-24-28(25-37)30-16-8-9-17-31(30)36)18-10-15-29(23-33)34-19-21-35(22-20-34)32(26-11-4-2-5-12-26)27-13-6-3-7-14-27/h2-17,23-25,32H,18-22H2,1H3. The van der Waals surface area contributed by atoms with E-state index in [9.17, 15) is 13.2 Å². The topological polar surface area (TPSA) is 62.6 Å². The molecule has 0 spiro atoms. The second-order valence-electron chi connectivity index (χ2n) is 10.8. The van der Waals surface area contributed by atoms with E-state index in [1.807, 2.05) is 36.4 Å². The van der Waals surface area contributed by atoms with Gasteiger partial charge in [0.1, 0.15) is 4.75 Å². The predicted octanol–water partition coefficient (Wildman–Crippen LogP) is 5.64. The molecule has 1 aliphatic carbocycles. The van der Waals surface area contributed by atoms with E-state index >= 15 is 0 Å². The summed E-state index contributed by atoms with van der Waals surface area (Å²) >= 11 is 0. The van der Waals surface area contributed by atoms with Crippen molar-refractivity contribution in [2.75, 3.05) is 26.2 Å². The maximum atomic E-state index is 14.1. The van der Waals surface area contributed by atoms with Crippen LogP contribution in [0, 0.1) is 0 Å². The summed E-state index contributed by atoms with van der Waals surface area (Å²) in [4.78, 5) is 16.5. The number of carbonyl (C=O) groups excluding carboxylic acids is 1. The largest absolute Gasteiger partial charge is 0.369 e. The molecule has 40 heavy (non-hydrogen) atoms. The lowest BCUT2D eigenvalue weighted by molar-refractivity contribution is 0.112. The van der Waals surface area contributed by atoms with Crippen LogP contribution < -0.4 is 0 Å². The SMILES string of the molecule is CC1(S(=O)(=O)n2cc(C=O)c3ccccc32)C=C(N2CCN(C(c3ccccc3)c3ccccc3)CC2)C=CC1. The van der Waals surface area contributed by atoms with E-state index < -0.39 is 14.8 Å². The molecule has 1 aromatic heterocycles. The van der Waals surface area contributed by atoms with Crippen molar-refractivity contribution in [1.29, 1.82) is 0 Å². The van der Waals surface area contributed by atoms with Gasteiger partial charge in [-0.2, -0.15) is 0 Å². The Hall–Kier alpha value is -3.94. The molecule has 0 saturated carbocycles. The van der Waals surface area contributed by atoms with E-state index in [2.05, 4.69) is 58.3 Å². The van der Waals surface area contributed by atoms with Crippen LogP contribution in [0.5, 0.6) is 0 Å². The van der Waals surface area contributed by atoms with E-state index in [-0.39, 0.29) is 6.04 Å². The summed E-state index contributed by atoms with van der Waals surface area (Å²) in [7, 11) is -3.85. The van der Waals surface area contributed by atoms with Crippen molar-refractivity contribution in [3.05, 3.63) is 132 Å². The molecule has 204 valence electrons. The van der Waals surface area contributed by atoms with Gasteiger partial charge in [-0.05, 0) is 42.7 Å². The molecule has 6 nitrogen and oxygen atoms in total. The summed E-state index contributed by atoms with van der Waals surface area (Å²) in [6.07, 6.45) is 8.45. The molecule has 2 aliphatic rings. The van der Waals surface area contributed by atoms with Crippen LogP contribution in [0.2, 0.25) is 0 Å². The second kappa shape index (κ2) is 10.6. The molecule has 0 bridgehead atoms. The molecule has 4 aromatic rings. The van der Waals surface area contributed by atoms with Gasteiger partial charge in [0, 0.05) is 49.0 Å². The van der Waals surface area contributed by atoms with Gasteiger partial charge in [-0.3, -0.25) is 9.69 Å². The third-order valence-corrected chi connectivity index (χ3v) is 10.5. The lowest BCUT2D eigenvalue weighted by atomic mass is 9.96. The third kappa shape index (κ3) is 4.59. The Labute approximate surface area is 235 Å². The van der Waals surface area contributed by atoms with Crippen molar-refractivity contribution in [2.45, 2.75) is 24.1 Å². The highest BCUT2D eigenvalue weighted by atomic mass is 32.2. The number of hydrogen-bond donors (Lipinski definition) is 0. The third-order valence-electron chi connectivity index (χ3n) is 8.22. The molecule has 0 N–H and O–H groups in total. The van der Waals surface area contributed by atoms with Crippen LogP contribution in [-0.4, -0.2) is 59.4 Å². The molecule has 2 heterocycles. The molecule has 1 atom stereocenters. The number of rotatable bonds is 7. The molecular weight excluding hydrogens is 518 g/mol. The van der Waals surface area contributed by atoms with E-state index in [1.54, 1.807) is 25.1 Å². The van der Waals surface area contributed by atoms with Crippen LogP contribution >= 0.6 is 0 Å². The highest BCUT2D eigenvalue weighted by Crippen LogP contribution is 2.36. The summed E-state index contributed by atoms with van der Waals surface area (Å²) in [5.74, 6) is 0. The van der Waals surface area contributed by atoms with Crippen molar-refractivity contribution in [3.63, 3.8) is 0 Å². The van der Waals surface area contributed by atoms with Gasteiger partial charge in [0.2, 0.25) is 10.0 Å². The van der Waals surface area contributed by atoms with E-state index in [0.717, 1.165) is 38.2 Å². The van der Waals surface area contributed by atoms with Crippen LogP contribution in [0.3, 0.4) is 0 Å². The van der Waals surface area contributed by atoms with Crippen molar-refractivity contribution < 1.29 is 13.2 Å². The fourth-order valence-electron chi connectivity index (χ4n) is 6.03. The van der Waals surface area contributed by atoms with Crippen molar-refractivity contribution >= 4 is 27.2 Å². The maximum absolute atomic E-state index is 14.1. The average molecular weight is 552 g/mol. The number of hydrogen-bond acceptors (Lipinski definition) is 5. The van der Waals surface area contributed by atoms with Crippen LogP contribution in [0.25, 0.3) is 10.9 Å². The molecule has 1 saturated heterocycles. The zero-order valence-electron chi connectivity index (χ0n) is 22.6. The second-order valence-corrected chi connectivity index (χ2v) is 13.0. The minimum Gasteiger partial charge on any atom is -0.369 e. The number of aldehydes is 1. The van der Waals surface area contributed by atoms with E-state index in [4.69, 9.17) is 0 Å². The van der Waals surface area contributed by atoms with E-state index in [0.29, 0.717) is 22.9 Å². The lowest BCUT2D eigenvalue weighted by Gasteiger charge is -2.42. The summed E-state index contributed by atoms with van der Waals surface area (Å²) in [5.41, 5.74) is 4.37. The summed E-state index contributed by atoms with van der Waals surface area (Å²) in [5, 5.41) is 0.641. The Morgan fingerprint density at radius 1 is 0.825 bits per heavy atom. The number of piperazine rings is 1. The molecule has 0 amide bonds. The molecule has 1 fully saturated rings. The Morgan fingerprint density at radius 2 is 1.43 bits per heavy atom. The first-order valence-corrected chi connectivity index (χ1v) is 15.1. The van der Waals surface area contributed by atoms with Gasteiger partial charge in [0.25, 0.3) is 0 Å². The quantitative estimate of drug-likeness (QED) is 0.278. The molecular formula is C33H33N3O3S. The van der Waals surface area contributed by atoms with Crippen LogP contribution in [0.15, 0.2) is 115 Å². The highest BCUT2D eigenvalue weighted by molar-refractivity contribution is 7.91. The minimum absolute atomic E-state index is 0.167. The van der Waals surface area contributed by atoms with Crippen LogP contribution in [0.1, 0.15) is 40.9 Å². The molecule has 0 radical (unpaired) electrons. The predicted molar refractivity (Wildman–Crippen MR) is 160 cm³/mol. The number of carbonyl (C=O) groups is 1. The minimum atomic E-state index is -3.85.